The van der Waals surface area contributed by atoms with Crippen LogP contribution in [0.1, 0.15) is 44.0 Å². The average molecular weight is 392 g/mol. The lowest BCUT2D eigenvalue weighted by Gasteiger charge is -2.33. The molecule has 1 unspecified atom stereocenters. The number of thiophene rings is 1. The van der Waals surface area contributed by atoms with E-state index in [9.17, 15) is 4.79 Å². The lowest BCUT2D eigenvalue weighted by Crippen LogP contribution is -2.42. The summed E-state index contributed by atoms with van der Waals surface area (Å²) in [4.78, 5) is 20.7. The number of halogens is 1. The van der Waals surface area contributed by atoms with Crippen LogP contribution in [0.2, 0.25) is 5.02 Å². The van der Waals surface area contributed by atoms with E-state index >= 15 is 0 Å². The number of nitrogens with one attached hydrogen (secondary N) is 1. The Hall–Kier alpha value is -1.59. The van der Waals surface area contributed by atoms with Gasteiger partial charge in [0, 0.05) is 30.1 Å². The number of hydrogen-bond acceptors (Lipinski definition) is 4. The summed E-state index contributed by atoms with van der Waals surface area (Å²) in [5.74, 6) is 1.74. The van der Waals surface area contributed by atoms with E-state index in [4.69, 9.17) is 11.6 Å². The molecule has 26 heavy (non-hydrogen) atoms. The number of amides is 1. The lowest BCUT2D eigenvalue weighted by molar-refractivity contribution is -0.126. The predicted octanol–water partition coefficient (Wildman–Crippen LogP) is 4.92. The number of carbonyl (C=O) groups excluding carboxylic acids is 1. The van der Waals surface area contributed by atoms with Crippen molar-refractivity contribution in [3.63, 3.8) is 0 Å². The summed E-state index contributed by atoms with van der Waals surface area (Å²) >= 11 is 7.63. The lowest BCUT2D eigenvalue weighted by atomic mass is 9.94. The van der Waals surface area contributed by atoms with E-state index in [0.29, 0.717) is 10.9 Å². The molecule has 3 rings (SSSR count). The molecule has 0 saturated carbocycles. The van der Waals surface area contributed by atoms with Gasteiger partial charge in [-0.15, -0.1) is 11.3 Å². The maximum Gasteiger partial charge on any atom is 0.223 e. The van der Waals surface area contributed by atoms with Crippen LogP contribution in [0.3, 0.4) is 0 Å². The molecule has 0 aromatic carbocycles. The first-order valence-corrected chi connectivity index (χ1v) is 10.5. The number of anilines is 1. The second-order valence-electron chi connectivity index (χ2n) is 7.30. The molecule has 1 aliphatic rings. The largest absolute Gasteiger partial charge is 0.357 e. The second-order valence-corrected chi connectivity index (χ2v) is 8.72. The molecule has 1 fully saturated rings. The zero-order valence-corrected chi connectivity index (χ0v) is 16.9. The van der Waals surface area contributed by atoms with E-state index in [1.54, 1.807) is 17.5 Å². The van der Waals surface area contributed by atoms with E-state index < -0.39 is 0 Å². The van der Waals surface area contributed by atoms with Gasteiger partial charge in [0.1, 0.15) is 5.82 Å². The van der Waals surface area contributed by atoms with Crippen molar-refractivity contribution in [3.05, 3.63) is 45.7 Å². The Balaban J connectivity index is 1.56. The van der Waals surface area contributed by atoms with Gasteiger partial charge in [0.05, 0.1) is 11.1 Å². The molecular formula is C20H26ClN3OS. The Labute approximate surface area is 164 Å². The van der Waals surface area contributed by atoms with E-state index in [1.807, 2.05) is 12.1 Å². The fraction of sp³-hybridized carbons (Fsp3) is 0.500. The van der Waals surface area contributed by atoms with Crippen LogP contribution in [0.4, 0.5) is 5.82 Å². The van der Waals surface area contributed by atoms with Crippen LogP contribution < -0.4 is 10.2 Å². The molecular weight excluding hydrogens is 366 g/mol. The van der Waals surface area contributed by atoms with Crippen molar-refractivity contribution >= 4 is 34.7 Å². The van der Waals surface area contributed by atoms with Gasteiger partial charge in [-0.05, 0) is 48.8 Å². The fourth-order valence-corrected chi connectivity index (χ4v) is 4.33. The summed E-state index contributed by atoms with van der Waals surface area (Å²) in [6.45, 7) is 6.09. The summed E-state index contributed by atoms with van der Waals surface area (Å²) in [6, 6.07) is 8.10. The first-order valence-electron chi connectivity index (χ1n) is 9.23. The molecule has 0 bridgehead atoms. The summed E-state index contributed by atoms with van der Waals surface area (Å²) in [5.41, 5.74) is 0. The molecule has 2 aromatic rings. The molecule has 0 aliphatic carbocycles. The summed E-state index contributed by atoms with van der Waals surface area (Å²) in [5, 5.41) is 6.02. The van der Waals surface area contributed by atoms with Crippen molar-refractivity contribution in [2.24, 2.45) is 11.8 Å². The molecule has 2 aromatic heterocycles. The van der Waals surface area contributed by atoms with E-state index in [1.165, 1.54) is 4.88 Å². The highest BCUT2D eigenvalue weighted by Crippen LogP contribution is 2.28. The van der Waals surface area contributed by atoms with Crippen LogP contribution in [-0.2, 0) is 4.79 Å². The Morgan fingerprint density at radius 2 is 2.12 bits per heavy atom. The first-order chi connectivity index (χ1) is 12.5. The topological polar surface area (TPSA) is 45.2 Å². The van der Waals surface area contributed by atoms with Gasteiger partial charge in [0.15, 0.2) is 0 Å². The highest BCUT2D eigenvalue weighted by molar-refractivity contribution is 7.10. The van der Waals surface area contributed by atoms with Gasteiger partial charge in [0.25, 0.3) is 0 Å². The van der Waals surface area contributed by atoms with Crippen LogP contribution in [0.25, 0.3) is 0 Å². The van der Waals surface area contributed by atoms with E-state index in [0.717, 1.165) is 38.2 Å². The molecule has 4 nitrogen and oxygen atoms in total. The molecule has 140 valence electrons. The number of pyridine rings is 1. The van der Waals surface area contributed by atoms with Gasteiger partial charge in [-0.25, -0.2) is 4.98 Å². The predicted molar refractivity (Wildman–Crippen MR) is 109 cm³/mol. The minimum absolute atomic E-state index is 0.0770. The van der Waals surface area contributed by atoms with Crippen molar-refractivity contribution in [2.75, 3.05) is 18.0 Å². The Morgan fingerprint density at radius 1 is 1.35 bits per heavy atom. The standard InChI is InChI=1S/C20H26ClN3OS/c1-14(2)12-17(18-4-3-11-26-18)23-20(25)15-7-9-24(10-8-15)19-6-5-16(21)13-22-19/h3-6,11,13-15,17H,7-10,12H2,1-2H3,(H,23,25). The Kier molecular flexibility index (Phi) is 6.54. The molecule has 6 heteroatoms. The SMILES string of the molecule is CC(C)CC(NC(=O)C1CCN(c2ccc(Cl)cn2)CC1)c1cccs1. The zero-order chi connectivity index (χ0) is 18.5. The zero-order valence-electron chi connectivity index (χ0n) is 15.3. The van der Waals surface area contributed by atoms with Gasteiger partial charge >= 0.3 is 0 Å². The number of hydrogen-bond donors (Lipinski definition) is 1. The van der Waals surface area contributed by atoms with Crippen LogP contribution >= 0.6 is 22.9 Å². The van der Waals surface area contributed by atoms with Crippen molar-refractivity contribution in [3.8, 4) is 0 Å². The van der Waals surface area contributed by atoms with Crippen molar-refractivity contribution in [2.45, 2.75) is 39.2 Å². The van der Waals surface area contributed by atoms with Crippen molar-refractivity contribution in [1.29, 1.82) is 0 Å². The molecule has 0 spiro atoms. The molecule has 1 aliphatic heterocycles. The maximum atomic E-state index is 12.8. The van der Waals surface area contributed by atoms with Gasteiger partial charge in [-0.3, -0.25) is 4.79 Å². The Morgan fingerprint density at radius 3 is 2.69 bits per heavy atom. The fourth-order valence-electron chi connectivity index (χ4n) is 3.42. The van der Waals surface area contributed by atoms with Crippen LogP contribution in [0.5, 0.6) is 0 Å². The molecule has 1 amide bonds. The minimum Gasteiger partial charge on any atom is -0.357 e. The molecule has 1 N–H and O–H groups in total. The second kappa shape index (κ2) is 8.87. The van der Waals surface area contributed by atoms with Gasteiger partial charge < -0.3 is 10.2 Å². The third kappa shape index (κ3) is 4.98. The van der Waals surface area contributed by atoms with E-state index in [-0.39, 0.29) is 17.9 Å². The monoisotopic (exact) mass is 391 g/mol. The maximum absolute atomic E-state index is 12.8. The van der Waals surface area contributed by atoms with E-state index in [2.05, 4.69) is 46.6 Å². The normalized spacial score (nSPS) is 16.7. The number of carbonyl (C=O) groups is 1. The summed E-state index contributed by atoms with van der Waals surface area (Å²) in [6.07, 6.45) is 4.36. The minimum atomic E-state index is 0.0770. The number of rotatable bonds is 6. The smallest absolute Gasteiger partial charge is 0.223 e. The highest BCUT2D eigenvalue weighted by Gasteiger charge is 2.27. The van der Waals surface area contributed by atoms with Crippen molar-refractivity contribution in [1.82, 2.24) is 10.3 Å². The summed E-state index contributed by atoms with van der Waals surface area (Å²) < 4.78 is 0. The van der Waals surface area contributed by atoms with Crippen LogP contribution in [0.15, 0.2) is 35.8 Å². The van der Waals surface area contributed by atoms with Gasteiger partial charge in [-0.2, -0.15) is 0 Å². The highest BCUT2D eigenvalue weighted by atomic mass is 35.5. The number of aromatic nitrogens is 1. The van der Waals surface area contributed by atoms with Gasteiger partial charge in [0.2, 0.25) is 5.91 Å². The third-order valence-electron chi connectivity index (χ3n) is 4.81. The average Bonchev–Trinajstić information content (AvgIpc) is 3.16. The number of nitrogens with zero attached hydrogens (tertiary/aromatic N) is 2. The van der Waals surface area contributed by atoms with Gasteiger partial charge in [-0.1, -0.05) is 31.5 Å². The Bertz CT molecular complexity index is 694. The van der Waals surface area contributed by atoms with Crippen molar-refractivity contribution < 1.29 is 4.79 Å². The summed E-state index contributed by atoms with van der Waals surface area (Å²) in [7, 11) is 0. The van der Waals surface area contributed by atoms with Crippen LogP contribution in [-0.4, -0.2) is 24.0 Å². The quantitative estimate of drug-likeness (QED) is 0.760. The molecule has 0 radical (unpaired) electrons. The van der Waals surface area contributed by atoms with Crippen LogP contribution in [0, 0.1) is 11.8 Å². The first kappa shape index (κ1) is 19.2. The third-order valence-corrected chi connectivity index (χ3v) is 6.02. The molecule has 1 atom stereocenters. The molecule has 3 heterocycles. The number of piperidine rings is 1. The molecule has 1 saturated heterocycles.